The average molecular weight is 330 g/mol. The van der Waals surface area contributed by atoms with Gasteiger partial charge in [0.2, 0.25) is 0 Å². The molecule has 0 amide bonds. The summed E-state index contributed by atoms with van der Waals surface area (Å²) in [4.78, 5) is 12.8. The molecule has 0 bridgehead atoms. The van der Waals surface area contributed by atoms with Gasteiger partial charge >= 0.3 is 0 Å². The second kappa shape index (κ2) is 7.10. The Morgan fingerprint density at radius 2 is 1.92 bits per heavy atom. The summed E-state index contributed by atoms with van der Waals surface area (Å²) in [5, 5.41) is 0. The predicted molar refractivity (Wildman–Crippen MR) is 100 cm³/mol. The van der Waals surface area contributed by atoms with Crippen LogP contribution in [0.25, 0.3) is 0 Å². The van der Waals surface area contributed by atoms with Gasteiger partial charge in [-0.1, -0.05) is 60.2 Å². The molecule has 2 aromatic rings. The van der Waals surface area contributed by atoms with E-state index in [0.29, 0.717) is 0 Å². The summed E-state index contributed by atoms with van der Waals surface area (Å²) < 4.78 is 5.70. The lowest BCUT2D eigenvalue weighted by Gasteiger charge is -2.17. The molecule has 126 valence electrons. The first-order valence-electron chi connectivity index (χ1n) is 9.03. The van der Waals surface area contributed by atoms with Crippen molar-refractivity contribution in [2.45, 2.75) is 32.1 Å². The number of ether oxygens (including phenoxy) is 1. The van der Waals surface area contributed by atoms with Crippen LogP contribution in [0.1, 0.15) is 40.7 Å². The smallest absolute Gasteiger partial charge is 0.192 e. The summed E-state index contributed by atoms with van der Waals surface area (Å²) >= 11 is 0. The fourth-order valence-electron chi connectivity index (χ4n) is 3.51. The highest BCUT2D eigenvalue weighted by Gasteiger charge is 2.18. The van der Waals surface area contributed by atoms with E-state index in [1.54, 1.807) is 0 Å². The van der Waals surface area contributed by atoms with Crippen LogP contribution in [0.4, 0.5) is 0 Å². The highest BCUT2D eigenvalue weighted by atomic mass is 16.5. The minimum Gasteiger partial charge on any atom is -0.493 e. The molecule has 2 heteroatoms. The Kier molecular flexibility index (Phi) is 4.51. The molecule has 0 fully saturated rings. The lowest BCUT2D eigenvalue weighted by Crippen LogP contribution is -2.10. The molecule has 2 aliphatic rings. The number of hydrogen-bond donors (Lipinski definition) is 0. The van der Waals surface area contributed by atoms with Gasteiger partial charge in [0.15, 0.2) is 5.78 Å². The van der Waals surface area contributed by atoms with Gasteiger partial charge in [0.25, 0.3) is 0 Å². The Bertz CT molecular complexity index is 844. The monoisotopic (exact) mass is 330 g/mol. The minimum absolute atomic E-state index is 0.103. The van der Waals surface area contributed by atoms with Crippen molar-refractivity contribution in [2.75, 3.05) is 6.61 Å². The second-order valence-electron chi connectivity index (χ2n) is 6.76. The molecular formula is C23H22O2. The summed E-state index contributed by atoms with van der Waals surface area (Å²) in [6.07, 6.45) is 9.14. The van der Waals surface area contributed by atoms with Crippen LogP contribution in [0.2, 0.25) is 0 Å². The van der Waals surface area contributed by atoms with E-state index in [2.05, 4.69) is 36.4 Å². The van der Waals surface area contributed by atoms with Crippen LogP contribution in [0, 0.1) is 0 Å². The molecule has 1 aliphatic heterocycles. The normalized spacial score (nSPS) is 15.8. The van der Waals surface area contributed by atoms with Gasteiger partial charge in [0.1, 0.15) is 5.75 Å². The molecule has 0 unspecified atom stereocenters. The summed E-state index contributed by atoms with van der Waals surface area (Å²) in [5.41, 5.74) is 5.44. The number of hydrogen-bond acceptors (Lipinski definition) is 2. The first-order valence-corrected chi connectivity index (χ1v) is 9.03. The summed E-state index contributed by atoms with van der Waals surface area (Å²) in [5.74, 6) is 0.982. The third kappa shape index (κ3) is 3.58. The number of carbonyl (C=O) groups is 1. The summed E-state index contributed by atoms with van der Waals surface area (Å²) in [7, 11) is 0. The molecule has 0 saturated heterocycles. The molecule has 0 N–H and O–H groups in total. The zero-order valence-corrected chi connectivity index (χ0v) is 14.3. The molecule has 25 heavy (non-hydrogen) atoms. The van der Waals surface area contributed by atoms with E-state index in [4.69, 9.17) is 4.74 Å². The van der Waals surface area contributed by atoms with Crippen molar-refractivity contribution in [3.8, 4) is 5.75 Å². The molecule has 0 radical (unpaired) electrons. The van der Waals surface area contributed by atoms with Crippen molar-refractivity contribution in [1.82, 2.24) is 0 Å². The van der Waals surface area contributed by atoms with Crippen LogP contribution in [-0.4, -0.2) is 12.4 Å². The molecule has 2 nitrogen and oxygen atoms in total. The zero-order valence-electron chi connectivity index (χ0n) is 14.3. The van der Waals surface area contributed by atoms with Gasteiger partial charge in [-0.15, -0.1) is 0 Å². The van der Waals surface area contributed by atoms with Crippen molar-refractivity contribution in [3.05, 3.63) is 88.5 Å². The molecule has 1 heterocycles. The highest BCUT2D eigenvalue weighted by molar-refractivity contribution is 6.11. The molecule has 0 atom stereocenters. The Morgan fingerprint density at radius 3 is 2.80 bits per heavy atom. The molecule has 0 spiro atoms. The van der Waals surface area contributed by atoms with Crippen LogP contribution in [0.3, 0.4) is 0 Å². The largest absolute Gasteiger partial charge is 0.493 e. The summed E-state index contributed by atoms with van der Waals surface area (Å²) in [6.45, 7) is 0.747. The predicted octanol–water partition coefficient (Wildman–Crippen LogP) is 5.08. The van der Waals surface area contributed by atoms with Crippen LogP contribution in [0.15, 0.2) is 71.8 Å². The number of aryl methyl sites for hydroxylation is 2. The number of ketones is 1. The zero-order chi connectivity index (χ0) is 17.1. The van der Waals surface area contributed by atoms with Gasteiger partial charge in [-0.2, -0.15) is 0 Å². The number of benzene rings is 2. The van der Waals surface area contributed by atoms with Crippen LogP contribution >= 0.6 is 0 Å². The third-order valence-corrected chi connectivity index (χ3v) is 4.96. The Labute approximate surface area is 148 Å². The van der Waals surface area contributed by atoms with E-state index in [-0.39, 0.29) is 5.78 Å². The second-order valence-corrected chi connectivity index (χ2v) is 6.76. The van der Waals surface area contributed by atoms with E-state index in [0.717, 1.165) is 55.6 Å². The van der Waals surface area contributed by atoms with Crippen LogP contribution < -0.4 is 4.74 Å². The first-order chi connectivity index (χ1) is 12.3. The maximum Gasteiger partial charge on any atom is 0.192 e. The molecule has 4 rings (SSSR count). The maximum absolute atomic E-state index is 12.8. The Hall–Kier alpha value is -2.61. The van der Waals surface area contributed by atoms with Gasteiger partial charge in [0, 0.05) is 11.1 Å². The number of allylic oxidation sites excluding steroid dienone is 4. The molecule has 1 aliphatic carbocycles. The third-order valence-electron chi connectivity index (χ3n) is 4.96. The topological polar surface area (TPSA) is 26.3 Å². The van der Waals surface area contributed by atoms with Crippen molar-refractivity contribution in [2.24, 2.45) is 0 Å². The SMILES string of the molecule is O=C(C1=CCC(CCc2ccccc2)=C1)c1ccc2c(c1)OCCC2. The van der Waals surface area contributed by atoms with Crippen molar-refractivity contribution >= 4 is 5.78 Å². The van der Waals surface area contributed by atoms with Crippen molar-refractivity contribution < 1.29 is 9.53 Å². The van der Waals surface area contributed by atoms with Gasteiger partial charge in [-0.05, 0) is 49.3 Å². The molecule has 2 aromatic carbocycles. The average Bonchev–Trinajstić information content (AvgIpc) is 3.15. The maximum atomic E-state index is 12.8. The van der Waals surface area contributed by atoms with Crippen molar-refractivity contribution in [1.29, 1.82) is 0 Å². The highest BCUT2D eigenvalue weighted by Crippen LogP contribution is 2.29. The van der Waals surface area contributed by atoms with E-state index in [9.17, 15) is 4.79 Å². The van der Waals surface area contributed by atoms with E-state index in [1.807, 2.05) is 24.3 Å². The minimum atomic E-state index is 0.103. The van der Waals surface area contributed by atoms with E-state index >= 15 is 0 Å². The lowest BCUT2D eigenvalue weighted by atomic mass is 9.99. The van der Waals surface area contributed by atoms with Gasteiger partial charge in [-0.3, -0.25) is 4.79 Å². The van der Waals surface area contributed by atoms with Crippen LogP contribution in [0.5, 0.6) is 5.75 Å². The van der Waals surface area contributed by atoms with Crippen LogP contribution in [-0.2, 0) is 12.8 Å². The number of carbonyl (C=O) groups excluding carboxylic acids is 1. The Balaban J connectivity index is 1.43. The fourth-order valence-corrected chi connectivity index (χ4v) is 3.51. The number of fused-ring (bicyclic) bond motifs is 1. The van der Waals surface area contributed by atoms with Crippen molar-refractivity contribution in [3.63, 3.8) is 0 Å². The fraction of sp³-hybridized carbons (Fsp3) is 0.261. The van der Waals surface area contributed by atoms with Gasteiger partial charge < -0.3 is 4.74 Å². The number of rotatable bonds is 5. The molecular weight excluding hydrogens is 308 g/mol. The van der Waals surface area contributed by atoms with E-state index < -0.39 is 0 Å². The quantitative estimate of drug-likeness (QED) is 0.714. The lowest BCUT2D eigenvalue weighted by molar-refractivity contribution is 0.103. The standard InChI is InChI=1S/C23H22O2/c24-23(21-13-12-19-7-4-14-25-22(19)16-21)20-11-10-18(15-20)9-8-17-5-2-1-3-6-17/h1-3,5-6,11-13,15-16H,4,7-10,14H2. The van der Waals surface area contributed by atoms with Gasteiger partial charge in [-0.25, -0.2) is 0 Å². The number of Topliss-reactive ketones (excluding diaryl/α,β-unsaturated/α-hetero) is 1. The summed E-state index contributed by atoms with van der Waals surface area (Å²) in [6, 6.07) is 16.4. The van der Waals surface area contributed by atoms with Gasteiger partial charge in [0.05, 0.1) is 6.61 Å². The molecule has 0 saturated carbocycles. The molecule has 0 aromatic heterocycles. The van der Waals surface area contributed by atoms with E-state index in [1.165, 1.54) is 16.7 Å². The Morgan fingerprint density at radius 1 is 1.04 bits per heavy atom. The first kappa shape index (κ1) is 15.9.